The summed E-state index contributed by atoms with van der Waals surface area (Å²) in [6.45, 7) is 3.96. The highest BCUT2D eigenvalue weighted by Gasteiger charge is 2.15. The Morgan fingerprint density at radius 3 is 2.52 bits per heavy atom. The minimum Gasteiger partial charge on any atom is -0.466 e. The molecule has 0 saturated carbocycles. The van der Waals surface area contributed by atoms with Gasteiger partial charge < -0.3 is 28.8 Å². The maximum atomic E-state index is 11.2. The van der Waals surface area contributed by atoms with E-state index in [4.69, 9.17) is 18.9 Å². The molecule has 0 spiro atoms. The van der Waals surface area contributed by atoms with Crippen molar-refractivity contribution in [1.82, 2.24) is 0 Å². The first-order chi connectivity index (χ1) is 12.9. The number of rotatable bonds is 15. The number of carbonyl (C=O) groups is 2. The van der Waals surface area contributed by atoms with E-state index in [0.29, 0.717) is 19.6 Å². The molecule has 0 aliphatic heterocycles. The summed E-state index contributed by atoms with van der Waals surface area (Å²) in [6, 6.07) is 0. The normalized spacial score (nSPS) is 15.0. The number of allylic oxidation sites excluding steroid dienone is 1. The van der Waals surface area contributed by atoms with Crippen molar-refractivity contribution in [2.45, 2.75) is 51.4 Å². The van der Waals surface area contributed by atoms with Crippen LogP contribution < -0.4 is 0 Å². The highest BCUT2D eigenvalue weighted by molar-refractivity contribution is 5.81. The average molecular weight is 388 g/mol. The molecule has 0 unspecified atom stereocenters. The van der Waals surface area contributed by atoms with Crippen molar-refractivity contribution in [2.75, 3.05) is 34.2 Å². The summed E-state index contributed by atoms with van der Waals surface area (Å²) in [5, 5.41) is 10.3. The maximum absolute atomic E-state index is 11.2. The molecule has 156 valence electrons. The Morgan fingerprint density at radius 2 is 1.89 bits per heavy atom. The Hall–Kier alpha value is -1.74. The number of aliphatic hydroxyl groups excluding tert-OH is 1. The van der Waals surface area contributed by atoms with E-state index in [9.17, 15) is 14.7 Å². The van der Waals surface area contributed by atoms with Crippen LogP contribution >= 0.6 is 0 Å². The number of esters is 2. The van der Waals surface area contributed by atoms with Gasteiger partial charge in [0.2, 0.25) is 0 Å². The minimum absolute atomic E-state index is 0.0513. The van der Waals surface area contributed by atoms with Crippen LogP contribution in [-0.4, -0.2) is 69.6 Å². The lowest BCUT2D eigenvalue weighted by Gasteiger charge is -2.18. The number of hydrogen-bond donors (Lipinski definition) is 1. The van der Waals surface area contributed by atoms with Gasteiger partial charge in [0.05, 0.1) is 26.4 Å². The Balaban J connectivity index is 4.40. The van der Waals surface area contributed by atoms with E-state index in [-0.39, 0.29) is 18.9 Å². The van der Waals surface area contributed by atoms with Crippen molar-refractivity contribution in [3.8, 4) is 0 Å². The summed E-state index contributed by atoms with van der Waals surface area (Å²) in [6.07, 6.45) is 6.42. The van der Waals surface area contributed by atoms with Gasteiger partial charge >= 0.3 is 11.9 Å². The van der Waals surface area contributed by atoms with E-state index in [1.54, 1.807) is 13.2 Å². The highest BCUT2D eigenvalue weighted by Crippen LogP contribution is 2.08. The lowest BCUT2D eigenvalue weighted by Crippen LogP contribution is -2.27. The van der Waals surface area contributed by atoms with Crippen molar-refractivity contribution in [2.24, 2.45) is 0 Å². The predicted molar refractivity (Wildman–Crippen MR) is 98.9 cm³/mol. The van der Waals surface area contributed by atoms with Crippen LogP contribution in [0.4, 0.5) is 0 Å². The minimum atomic E-state index is -0.956. The van der Waals surface area contributed by atoms with E-state index in [2.05, 4.69) is 4.74 Å². The number of methoxy groups -OCH3 is 2. The zero-order chi connectivity index (χ0) is 20.5. The summed E-state index contributed by atoms with van der Waals surface area (Å²) < 4.78 is 25.1. The van der Waals surface area contributed by atoms with Crippen LogP contribution in [0.2, 0.25) is 0 Å². The Bertz CT molecular complexity index is 461. The molecule has 8 nitrogen and oxygen atoms in total. The predicted octanol–water partition coefficient (Wildman–Crippen LogP) is 1.76. The van der Waals surface area contributed by atoms with Gasteiger partial charge in [0.1, 0.15) is 19.0 Å². The molecule has 0 heterocycles. The monoisotopic (exact) mass is 388 g/mol. The molecule has 3 atom stereocenters. The van der Waals surface area contributed by atoms with Crippen LogP contribution in [0.5, 0.6) is 0 Å². The van der Waals surface area contributed by atoms with Gasteiger partial charge in [-0.05, 0) is 32.3 Å². The smallest absolute Gasteiger partial charge is 0.330 e. The van der Waals surface area contributed by atoms with Gasteiger partial charge in [0.15, 0.2) is 0 Å². The third-order valence-electron chi connectivity index (χ3n) is 3.42. The summed E-state index contributed by atoms with van der Waals surface area (Å²) in [5.74, 6) is -0.835. The summed E-state index contributed by atoms with van der Waals surface area (Å²) in [4.78, 5) is 22.1. The first-order valence-corrected chi connectivity index (χ1v) is 8.87. The van der Waals surface area contributed by atoms with E-state index < -0.39 is 18.2 Å². The Kier molecular flexibility index (Phi) is 15.4. The maximum Gasteiger partial charge on any atom is 0.330 e. The number of ether oxygens (including phenoxy) is 5. The standard InChI is InChI=1S/C19H32O8/c1-15(27-16(2)20)8-6-5-7-9-17(21)18(10-11-19(22)24-4)26-14-25-13-12-23-3/h7,9-11,15,17-18,21H,5-6,8,12-14H2,1-4H3/b9-7+,11-10+/t15-,17+,18+/m0/s1. The van der Waals surface area contributed by atoms with Crippen LogP contribution in [0.1, 0.15) is 33.1 Å². The summed E-state index contributed by atoms with van der Waals surface area (Å²) >= 11 is 0. The molecule has 0 aromatic rings. The second-order valence-electron chi connectivity index (χ2n) is 5.80. The number of hydrogen-bond acceptors (Lipinski definition) is 8. The topological polar surface area (TPSA) is 101 Å². The van der Waals surface area contributed by atoms with Gasteiger partial charge in [0.25, 0.3) is 0 Å². The van der Waals surface area contributed by atoms with Crippen LogP contribution in [0.3, 0.4) is 0 Å². The van der Waals surface area contributed by atoms with Crippen molar-refractivity contribution in [1.29, 1.82) is 0 Å². The van der Waals surface area contributed by atoms with Crippen LogP contribution in [0, 0.1) is 0 Å². The third-order valence-corrected chi connectivity index (χ3v) is 3.42. The van der Waals surface area contributed by atoms with E-state index in [1.807, 2.05) is 13.0 Å². The fourth-order valence-electron chi connectivity index (χ4n) is 2.05. The molecule has 0 aromatic heterocycles. The Morgan fingerprint density at radius 1 is 1.15 bits per heavy atom. The molecule has 0 rings (SSSR count). The zero-order valence-electron chi connectivity index (χ0n) is 16.6. The Labute approximate surface area is 161 Å². The van der Waals surface area contributed by atoms with Gasteiger partial charge in [-0.3, -0.25) is 4.79 Å². The molecule has 27 heavy (non-hydrogen) atoms. The van der Waals surface area contributed by atoms with E-state index in [1.165, 1.54) is 26.2 Å². The first kappa shape index (κ1) is 25.3. The number of unbranched alkanes of at least 4 members (excludes halogenated alkanes) is 1. The summed E-state index contributed by atoms with van der Waals surface area (Å²) in [5.41, 5.74) is 0. The molecule has 0 aliphatic rings. The SMILES string of the molecule is COCCOCO[C@H](/C=C/C(=O)OC)[C@H](O)/C=C/CCC[C@H](C)OC(C)=O. The molecule has 0 aliphatic carbocycles. The summed E-state index contributed by atoms with van der Waals surface area (Å²) in [7, 11) is 2.83. The molecule has 0 radical (unpaired) electrons. The van der Waals surface area contributed by atoms with Gasteiger partial charge in [-0.1, -0.05) is 12.2 Å². The van der Waals surface area contributed by atoms with Crippen LogP contribution in [0.25, 0.3) is 0 Å². The quantitative estimate of drug-likeness (QED) is 0.149. The van der Waals surface area contributed by atoms with Gasteiger partial charge in [0, 0.05) is 20.1 Å². The largest absolute Gasteiger partial charge is 0.466 e. The molecule has 0 bridgehead atoms. The van der Waals surface area contributed by atoms with Gasteiger partial charge in [-0.25, -0.2) is 4.79 Å². The lowest BCUT2D eigenvalue weighted by atomic mass is 10.1. The fraction of sp³-hybridized carbons (Fsp3) is 0.684. The van der Waals surface area contributed by atoms with Crippen LogP contribution in [-0.2, 0) is 33.3 Å². The van der Waals surface area contributed by atoms with Gasteiger partial charge in [-0.2, -0.15) is 0 Å². The molecule has 0 saturated heterocycles. The number of carbonyl (C=O) groups excluding carboxylic acids is 2. The first-order valence-electron chi connectivity index (χ1n) is 8.87. The fourth-order valence-corrected chi connectivity index (χ4v) is 2.05. The highest BCUT2D eigenvalue weighted by atomic mass is 16.7. The van der Waals surface area contributed by atoms with Crippen molar-refractivity contribution >= 4 is 11.9 Å². The van der Waals surface area contributed by atoms with Crippen LogP contribution in [0.15, 0.2) is 24.3 Å². The molecule has 8 heteroatoms. The molecule has 1 N–H and O–H groups in total. The average Bonchev–Trinajstić information content (AvgIpc) is 2.62. The molecule has 0 fully saturated rings. The van der Waals surface area contributed by atoms with E-state index in [0.717, 1.165) is 12.8 Å². The second-order valence-corrected chi connectivity index (χ2v) is 5.80. The molecular weight excluding hydrogens is 356 g/mol. The van der Waals surface area contributed by atoms with Crippen molar-refractivity contribution in [3.05, 3.63) is 24.3 Å². The number of aliphatic hydroxyl groups is 1. The van der Waals surface area contributed by atoms with E-state index >= 15 is 0 Å². The third kappa shape index (κ3) is 15.1. The molecule has 0 aromatic carbocycles. The van der Waals surface area contributed by atoms with Crippen molar-refractivity contribution < 1.29 is 38.4 Å². The molecule has 0 amide bonds. The second kappa shape index (κ2) is 16.4. The molecular formula is C19H32O8. The lowest BCUT2D eigenvalue weighted by molar-refractivity contribution is -0.145. The van der Waals surface area contributed by atoms with Gasteiger partial charge in [-0.15, -0.1) is 0 Å². The zero-order valence-corrected chi connectivity index (χ0v) is 16.6. The van der Waals surface area contributed by atoms with Crippen molar-refractivity contribution in [3.63, 3.8) is 0 Å².